The van der Waals surface area contributed by atoms with Crippen molar-refractivity contribution in [2.45, 2.75) is 57.0 Å². The molecule has 2 fully saturated rings. The molecule has 6 heteroatoms. The summed E-state index contributed by atoms with van der Waals surface area (Å²) in [5, 5.41) is 8.99. The molecule has 6 nitrogen and oxygen atoms in total. The van der Waals surface area contributed by atoms with Crippen LogP contribution in [0.4, 0.5) is 0 Å². The van der Waals surface area contributed by atoms with E-state index in [2.05, 4.69) is 22.0 Å². The minimum absolute atomic E-state index is 0.203. The average Bonchev–Trinajstić information content (AvgIpc) is 2.69. The fraction of sp³-hybridized carbons (Fsp3) is 0.478. The van der Waals surface area contributed by atoms with Crippen LogP contribution in [0.15, 0.2) is 36.5 Å². The van der Waals surface area contributed by atoms with Crippen molar-refractivity contribution < 1.29 is 19.4 Å². The molecule has 1 saturated carbocycles. The third-order valence-corrected chi connectivity index (χ3v) is 6.52. The molecule has 1 N–H and O–H groups in total. The molecule has 2 aromatic rings. The van der Waals surface area contributed by atoms with Crippen LogP contribution in [0.25, 0.3) is 0 Å². The zero-order valence-corrected chi connectivity index (χ0v) is 16.5. The highest BCUT2D eigenvalue weighted by Crippen LogP contribution is 2.39. The Morgan fingerprint density at radius 3 is 2.69 bits per heavy atom. The second-order valence-corrected chi connectivity index (χ2v) is 8.38. The number of carbonyl (C=O) groups is 1. The van der Waals surface area contributed by atoms with E-state index in [1.165, 1.54) is 25.5 Å². The van der Waals surface area contributed by atoms with Gasteiger partial charge in [0.05, 0.1) is 12.2 Å². The van der Waals surface area contributed by atoms with Gasteiger partial charge in [0, 0.05) is 55.8 Å². The maximum atomic E-state index is 11.0. The van der Waals surface area contributed by atoms with E-state index in [1.54, 1.807) is 12.1 Å². The third-order valence-electron chi connectivity index (χ3n) is 6.52. The zero-order valence-electron chi connectivity index (χ0n) is 16.5. The van der Waals surface area contributed by atoms with E-state index in [0.717, 1.165) is 54.5 Å². The first kappa shape index (κ1) is 18.6. The molecule has 0 amide bonds. The highest BCUT2D eigenvalue weighted by Gasteiger charge is 2.42. The molecule has 0 unspecified atom stereocenters. The van der Waals surface area contributed by atoms with Gasteiger partial charge in [0.25, 0.3) is 0 Å². The molecule has 1 aromatic carbocycles. The average molecular weight is 394 g/mol. The highest BCUT2D eigenvalue weighted by molar-refractivity contribution is 5.87. The van der Waals surface area contributed by atoms with Gasteiger partial charge < -0.3 is 14.6 Å². The standard InChI is InChI=1S/C23H26N2O4/c26-22(27)17-5-6-19(24-14-17)13-16-4-7-21-18(12-16)15-28-23(29-21)8-10-25(11-9-23)20-2-1-3-20/h4-7,12,14,20H,1-3,8-11,13,15H2,(H,26,27). The molecule has 3 aliphatic rings. The first-order chi connectivity index (χ1) is 14.1. The fourth-order valence-corrected chi connectivity index (χ4v) is 4.49. The number of benzene rings is 1. The molecular formula is C23H26N2O4. The molecular weight excluding hydrogens is 368 g/mol. The van der Waals surface area contributed by atoms with Gasteiger partial charge in [-0.3, -0.25) is 9.88 Å². The van der Waals surface area contributed by atoms with E-state index in [0.29, 0.717) is 13.0 Å². The minimum Gasteiger partial charge on any atom is -0.478 e. The summed E-state index contributed by atoms with van der Waals surface area (Å²) >= 11 is 0. The summed E-state index contributed by atoms with van der Waals surface area (Å²) in [7, 11) is 0. The Balaban J connectivity index is 1.24. The number of pyridine rings is 1. The van der Waals surface area contributed by atoms with Crippen LogP contribution in [0.3, 0.4) is 0 Å². The predicted molar refractivity (Wildman–Crippen MR) is 107 cm³/mol. The zero-order chi connectivity index (χ0) is 19.8. The van der Waals surface area contributed by atoms with Crippen molar-refractivity contribution in [3.05, 3.63) is 58.9 Å². The van der Waals surface area contributed by atoms with Crippen LogP contribution in [-0.2, 0) is 17.8 Å². The lowest BCUT2D eigenvalue weighted by atomic mass is 9.89. The summed E-state index contributed by atoms with van der Waals surface area (Å²) in [6.07, 6.45) is 7.95. The number of hydrogen-bond acceptors (Lipinski definition) is 5. The molecule has 5 rings (SSSR count). The van der Waals surface area contributed by atoms with Crippen LogP contribution < -0.4 is 4.74 Å². The van der Waals surface area contributed by atoms with E-state index >= 15 is 0 Å². The monoisotopic (exact) mass is 394 g/mol. The van der Waals surface area contributed by atoms with Crippen LogP contribution in [0.5, 0.6) is 5.75 Å². The van der Waals surface area contributed by atoms with Crippen molar-refractivity contribution in [2.75, 3.05) is 13.1 Å². The Hall–Kier alpha value is -2.44. The van der Waals surface area contributed by atoms with E-state index in [1.807, 2.05) is 6.07 Å². The van der Waals surface area contributed by atoms with Gasteiger partial charge in [0.15, 0.2) is 0 Å². The van der Waals surface area contributed by atoms with Crippen LogP contribution >= 0.6 is 0 Å². The normalized spacial score (nSPS) is 21.2. The first-order valence-corrected chi connectivity index (χ1v) is 10.5. The lowest BCUT2D eigenvalue weighted by Crippen LogP contribution is -2.54. The van der Waals surface area contributed by atoms with Gasteiger partial charge in [0.2, 0.25) is 5.79 Å². The third kappa shape index (κ3) is 3.74. The van der Waals surface area contributed by atoms with Crippen molar-refractivity contribution in [1.29, 1.82) is 0 Å². The number of nitrogens with zero attached hydrogens (tertiary/aromatic N) is 2. The van der Waals surface area contributed by atoms with Crippen molar-refractivity contribution in [1.82, 2.24) is 9.88 Å². The number of likely N-dealkylation sites (tertiary alicyclic amines) is 1. The van der Waals surface area contributed by atoms with Crippen LogP contribution in [0.2, 0.25) is 0 Å². The Morgan fingerprint density at radius 1 is 1.21 bits per heavy atom. The van der Waals surface area contributed by atoms with Crippen molar-refractivity contribution in [3.8, 4) is 5.75 Å². The van der Waals surface area contributed by atoms with Crippen molar-refractivity contribution in [2.24, 2.45) is 0 Å². The molecule has 1 aromatic heterocycles. The Morgan fingerprint density at radius 2 is 2.03 bits per heavy atom. The smallest absolute Gasteiger partial charge is 0.337 e. The molecule has 2 aliphatic heterocycles. The van der Waals surface area contributed by atoms with Crippen LogP contribution in [-0.4, -0.2) is 45.9 Å². The summed E-state index contributed by atoms with van der Waals surface area (Å²) in [6, 6.07) is 10.4. The number of carboxylic acid groups (broad SMARTS) is 1. The van der Waals surface area contributed by atoms with Gasteiger partial charge in [-0.05, 0) is 42.7 Å². The molecule has 1 aliphatic carbocycles. The lowest BCUT2D eigenvalue weighted by Gasteiger charge is -2.47. The summed E-state index contributed by atoms with van der Waals surface area (Å²) in [4.78, 5) is 17.8. The SMILES string of the molecule is O=C(O)c1ccc(Cc2ccc3c(c2)COC2(CCN(C4CCC4)CC2)O3)nc1. The first-order valence-electron chi connectivity index (χ1n) is 10.5. The summed E-state index contributed by atoms with van der Waals surface area (Å²) in [5.74, 6) is -0.506. The van der Waals surface area contributed by atoms with Crippen LogP contribution in [0, 0.1) is 0 Å². The Labute approximate surface area is 170 Å². The largest absolute Gasteiger partial charge is 0.478 e. The second kappa shape index (κ2) is 7.43. The predicted octanol–water partition coefficient (Wildman–Crippen LogP) is 3.62. The number of carboxylic acids is 1. The number of piperidine rings is 1. The van der Waals surface area contributed by atoms with Gasteiger partial charge in [0.1, 0.15) is 5.75 Å². The van der Waals surface area contributed by atoms with Gasteiger partial charge in [-0.1, -0.05) is 12.5 Å². The second-order valence-electron chi connectivity index (χ2n) is 8.38. The topological polar surface area (TPSA) is 71.9 Å². The molecule has 0 bridgehead atoms. The maximum absolute atomic E-state index is 11.0. The number of aromatic carboxylic acids is 1. The molecule has 1 saturated heterocycles. The summed E-state index contributed by atoms with van der Waals surface area (Å²) < 4.78 is 12.6. The molecule has 29 heavy (non-hydrogen) atoms. The molecule has 0 radical (unpaired) electrons. The van der Waals surface area contributed by atoms with E-state index in [9.17, 15) is 4.79 Å². The Kier molecular flexibility index (Phi) is 4.76. The number of ether oxygens (including phenoxy) is 2. The number of fused-ring (bicyclic) bond motifs is 1. The maximum Gasteiger partial charge on any atom is 0.337 e. The lowest BCUT2D eigenvalue weighted by molar-refractivity contribution is -0.231. The quantitative estimate of drug-likeness (QED) is 0.854. The highest BCUT2D eigenvalue weighted by atomic mass is 16.7. The van der Waals surface area contributed by atoms with E-state index in [-0.39, 0.29) is 5.56 Å². The fourth-order valence-electron chi connectivity index (χ4n) is 4.49. The summed E-state index contributed by atoms with van der Waals surface area (Å²) in [6.45, 7) is 2.67. The van der Waals surface area contributed by atoms with Crippen molar-refractivity contribution in [3.63, 3.8) is 0 Å². The molecule has 3 heterocycles. The van der Waals surface area contributed by atoms with Crippen LogP contribution in [0.1, 0.15) is 59.3 Å². The number of aromatic nitrogens is 1. The Bertz CT molecular complexity index is 900. The minimum atomic E-state index is -0.959. The van der Waals surface area contributed by atoms with Gasteiger partial charge in [-0.2, -0.15) is 0 Å². The summed E-state index contributed by atoms with van der Waals surface area (Å²) in [5.41, 5.74) is 3.22. The number of rotatable bonds is 4. The number of hydrogen-bond donors (Lipinski definition) is 1. The van der Waals surface area contributed by atoms with Gasteiger partial charge >= 0.3 is 5.97 Å². The van der Waals surface area contributed by atoms with Gasteiger partial charge in [-0.15, -0.1) is 0 Å². The molecule has 1 spiro atoms. The van der Waals surface area contributed by atoms with E-state index < -0.39 is 11.8 Å². The van der Waals surface area contributed by atoms with Crippen molar-refractivity contribution >= 4 is 5.97 Å². The molecule has 152 valence electrons. The van der Waals surface area contributed by atoms with E-state index in [4.69, 9.17) is 14.6 Å². The molecule has 0 atom stereocenters. The van der Waals surface area contributed by atoms with Gasteiger partial charge in [-0.25, -0.2) is 4.79 Å².